The van der Waals surface area contributed by atoms with Gasteiger partial charge in [-0.2, -0.15) is 0 Å². The summed E-state index contributed by atoms with van der Waals surface area (Å²) < 4.78 is 0.754. The Morgan fingerprint density at radius 3 is 1.28 bits per heavy atom. The molecule has 1 unspecified atom stereocenters. The molecule has 4 heterocycles. The highest BCUT2D eigenvalue weighted by Crippen LogP contribution is 2.08. The van der Waals surface area contributed by atoms with Crippen LogP contribution in [0.1, 0.15) is 80.5 Å². The first kappa shape index (κ1) is 53.4. The van der Waals surface area contributed by atoms with Crippen molar-refractivity contribution in [3.8, 4) is 0 Å². The average Bonchev–Trinajstić information content (AvgIpc) is 3.30. The Balaban J connectivity index is 1.55. The van der Waals surface area contributed by atoms with Crippen LogP contribution in [0.2, 0.25) is 0 Å². The van der Waals surface area contributed by atoms with Crippen LogP contribution in [0.25, 0.3) is 0 Å². The monoisotopic (exact) mass is 965 g/mol. The van der Waals surface area contributed by atoms with Gasteiger partial charge < -0.3 is 52.5 Å². The molecule has 0 spiro atoms. The third-order valence-corrected chi connectivity index (χ3v) is 10.4. The number of carboxylic acid groups (broad SMARTS) is 1. The second-order valence-electron chi connectivity index (χ2n) is 15.4. The van der Waals surface area contributed by atoms with Crippen LogP contribution in [-0.4, -0.2) is 162 Å². The Kier molecular flexibility index (Phi) is 20.7. The van der Waals surface area contributed by atoms with Crippen LogP contribution >= 0.6 is 0 Å². The molecule has 372 valence electrons. The van der Waals surface area contributed by atoms with Gasteiger partial charge in [0.15, 0.2) is 0 Å². The van der Waals surface area contributed by atoms with Gasteiger partial charge in [-0.05, 0) is 49.9 Å². The summed E-state index contributed by atoms with van der Waals surface area (Å²) in [6.07, 6.45) is 1.14. The number of nitrogens with zero attached hydrogens (tertiary/aromatic N) is 6. The lowest BCUT2D eigenvalue weighted by Gasteiger charge is -2.31. The fraction of sp³-hybridized carbons (Fsp3) is 0.395. The van der Waals surface area contributed by atoms with E-state index in [1.54, 1.807) is 4.90 Å². The number of nitrogens with one attached hydrogen (secondary N) is 5. The van der Waals surface area contributed by atoms with E-state index in [2.05, 4.69) is 26.6 Å². The predicted octanol–water partition coefficient (Wildman–Crippen LogP) is -2.18. The molecule has 10 N–H and O–H groups in total. The van der Waals surface area contributed by atoms with Crippen molar-refractivity contribution in [1.82, 2.24) is 55.3 Å². The SMILES string of the molecule is O=C(O)CCCC(=O)NCCCCC(CN(CCNC(=O)c1cccc(=O)n1O)CCN(CCNC(=O)c1cccc(=O)n1O)CCNC(=O)c1cccc(=O)n1O)NC(=O)c1cccc(=O)n1O. The van der Waals surface area contributed by atoms with E-state index in [0.29, 0.717) is 12.8 Å². The smallest absolute Gasteiger partial charge is 0.303 e. The lowest BCUT2D eigenvalue weighted by molar-refractivity contribution is -0.137. The molecule has 26 heteroatoms. The maximum atomic E-state index is 13.5. The molecule has 0 saturated carbocycles. The molecule has 0 aromatic carbocycles. The number of carbonyl (C=O) groups excluding carboxylic acids is 5. The van der Waals surface area contributed by atoms with Crippen molar-refractivity contribution in [3.05, 3.63) is 137 Å². The van der Waals surface area contributed by atoms with Gasteiger partial charge in [0.25, 0.3) is 45.9 Å². The van der Waals surface area contributed by atoms with Gasteiger partial charge in [0.1, 0.15) is 22.8 Å². The lowest BCUT2D eigenvalue weighted by atomic mass is 10.1. The Morgan fingerprint density at radius 2 is 0.855 bits per heavy atom. The summed E-state index contributed by atoms with van der Waals surface area (Å²) in [5.41, 5.74) is -4.75. The molecule has 0 aliphatic carbocycles. The molecule has 26 nitrogen and oxygen atoms in total. The number of carboxylic acids is 1. The first-order valence-corrected chi connectivity index (χ1v) is 21.7. The molecular weight excluding hydrogens is 911 g/mol. The zero-order valence-electron chi connectivity index (χ0n) is 37.3. The van der Waals surface area contributed by atoms with Crippen molar-refractivity contribution >= 4 is 35.5 Å². The second-order valence-corrected chi connectivity index (χ2v) is 15.4. The van der Waals surface area contributed by atoms with Gasteiger partial charge in [-0.1, -0.05) is 24.3 Å². The molecule has 0 fully saturated rings. The minimum atomic E-state index is -1.02. The third-order valence-electron chi connectivity index (χ3n) is 10.4. The Hall–Kier alpha value is -8.26. The molecule has 0 aliphatic heterocycles. The molecule has 4 aromatic heterocycles. The second kappa shape index (κ2) is 26.8. The van der Waals surface area contributed by atoms with Crippen molar-refractivity contribution < 1.29 is 54.7 Å². The van der Waals surface area contributed by atoms with Crippen LogP contribution in [0.15, 0.2) is 92.0 Å². The fourth-order valence-electron chi connectivity index (χ4n) is 6.79. The van der Waals surface area contributed by atoms with Gasteiger partial charge in [0.2, 0.25) is 5.91 Å². The summed E-state index contributed by atoms with van der Waals surface area (Å²) in [6.45, 7) is 0.754. The molecule has 0 radical (unpaired) electrons. The van der Waals surface area contributed by atoms with E-state index in [1.807, 2.05) is 4.90 Å². The molecule has 69 heavy (non-hydrogen) atoms. The number of pyridine rings is 4. The highest BCUT2D eigenvalue weighted by molar-refractivity contribution is 5.94. The van der Waals surface area contributed by atoms with Crippen LogP contribution in [0.4, 0.5) is 0 Å². The Labute approximate surface area is 391 Å². The fourth-order valence-corrected chi connectivity index (χ4v) is 6.79. The van der Waals surface area contributed by atoms with Crippen molar-refractivity contribution in [1.29, 1.82) is 0 Å². The van der Waals surface area contributed by atoms with Crippen LogP contribution in [0, 0.1) is 0 Å². The average molecular weight is 966 g/mol. The van der Waals surface area contributed by atoms with E-state index in [-0.39, 0.29) is 139 Å². The van der Waals surface area contributed by atoms with Crippen LogP contribution in [-0.2, 0) is 9.59 Å². The minimum absolute atomic E-state index is 0.0166. The van der Waals surface area contributed by atoms with E-state index >= 15 is 0 Å². The predicted molar refractivity (Wildman–Crippen MR) is 241 cm³/mol. The van der Waals surface area contributed by atoms with Gasteiger partial charge >= 0.3 is 5.97 Å². The highest BCUT2D eigenvalue weighted by Gasteiger charge is 2.22. The molecule has 0 saturated heterocycles. The Bertz CT molecular complexity index is 2600. The largest absolute Gasteiger partial charge is 0.481 e. The quantitative estimate of drug-likeness (QED) is 0.0214. The number of hydrogen-bond acceptors (Lipinski definition) is 16. The number of rotatable bonds is 28. The zero-order valence-corrected chi connectivity index (χ0v) is 37.3. The van der Waals surface area contributed by atoms with E-state index in [9.17, 15) is 68.8 Å². The summed E-state index contributed by atoms with van der Waals surface area (Å²) in [7, 11) is 0. The summed E-state index contributed by atoms with van der Waals surface area (Å²) >= 11 is 0. The van der Waals surface area contributed by atoms with Crippen molar-refractivity contribution in [2.24, 2.45) is 0 Å². The van der Waals surface area contributed by atoms with Crippen LogP contribution in [0.5, 0.6) is 0 Å². The number of aliphatic carboxylic acids is 1. The van der Waals surface area contributed by atoms with Gasteiger partial charge in [0.05, 0.1) is 0 Å². The number of carbonyl (C=O) groups is 6. The number of aromatic nitrogens is 4. The lowest BCUT2D eigenvalue weighted by Crippen LogP contribution is -2.49. The molecule has 0 bridgehead atoms. The van der Waals surface area contributed by atoms with E-state index < -0.39 is 57.9 Å². The minimum Gasteiger partial charge on any atom is -0.481 e. The number of hydrogen-bond donors (Lipinski definition) is 10. The molecule has 1 atom stereocenters. The van der Waals surface area contributed by atoms with E-state index in [0.717, 1.165) is 24.3 Å². The summed E-state index contributed by atoms with van der Waals surface area (Å²) in [5, 5.41) is 63.0. The van der Waals surface area contributed by atoms with E-state index in [4.69, 9.17) is 5.11 Å². The maximum absolute atomic E-state index is 13.5. The standard InChI is InChI=1S/C43H55N11O15/c55-34(13-7-18-39(60)61)44-19-2-1-8-29(48-43(65)33-12-6-17-38(59)54(33)69)28-50(25-22-47-42(64)32-11-5-16-37(58)53(32)68)27-26-49(23-20-45-40(62)30-9-3-14-35(56)51(30)66)24-21-46-41(63)31-10-4-15-36(57)52(31)67/h3-6,9-12,14-17,29,66-69H,1-2,7-8,13,18-28H2,(H,44,55)(H,45,62)(H,46,63)(H,47,64)(H,48,65)(H,60,61). The maximum Gasteiger partial charge on any atom is 0.303 e. The topological polar surface area (TPSA) is 358 Å². The first-order chi connectivity index (χ1) is 33.0. The number of unbranched alkanes of at least 4 members (excludes halogenated alkanes) is 1. The van der Waals surface area contributed by atoms with Crippen molar-refractivity contribution in [2.75, 3.05) is 65.4 Å². The normalized spacial score (nSPS) is 11.4. The van der Waals surface area contributed by atoms with Crippen LogP contribution < -0.4 is 48.8 Å². The van der Waals surface area contributed by atoms with Gasteiger partial charge in [-0.25, -0.2) is 0 Å². The van der Waals surface area contributed by atoms with Crippen LogP contribution in [0.3, 0.4) is 0 Å². The van der Waals surface area contributed by atoms with Gasteiger partial charge in [-0.3, -0.25) is 57.7 Å². The zero-order chi connectivity index (χ0) is 50.5. The summed E-state index contributed by atoms with van der Waals surface area (Å²) in [6, 6.07) is 13.6. The van der Waals surface area contributed by atoms with E-state index in [1.165, 1.54) is 48.5 Å². The molecule has 0 aliphatic rings. The van der Waals surface area contributed by atoms with Crippen molar-refractivity contribution in [3.63, 3.8) is 0 Å². The van der Waals surface area contributed by atoms with Gasteiger partial charge in [-0.15, -0.1) is 18.9 Å². The van der Waals surface area contributed by atoms with Crippen molar-refractivity contribution in [2.45, 2.75) is 44.6 Å². The third kappa shape index (κ3) is 16.8. The first-order valence-electron chi connectivity index (χ1n) is 21.7. The molecular formula is C43H55N11O15. The molecule has 4 aromatic rings. The highest BCUT2D eigenvalue weighted by atomic mass is 16.5. The Morgan fingerprint density at radius 1 is 0.464 bits per heavy atom. The molecule has 5 amide bonds. The molecule has 4 rings (SSSR count). The van der Waals surface area contributed by atoms with Gasteiger partial charge in [0, 0.05) is 109 Å². The number of amides is 5. The summed E-state index contributed by atoms with van der Waals surface area (Å²) in [5.74, 6) is -4.51. The summed E-state index contributed by atoms with van der Waals surface area (Å²) in [4.78, 5) is 127.